The fraction of sp³-hybridized carbons (Fsp3) is 0.389. The Morgan fingerprint density at radius 1 is 1.17 bits per heavy atom. The Morgan fingerprint density at radius 2 is 1.96 bits per heavy atom. The molecule has 0 aliphatic carbocycles. The van der Waals surface area contributed by atoms with Gasteiger partial charge in [0.1, 0.15) is 10.0 Å². The van der Waals surface area contributed by atoms with Gasteiger partial charge in [-0.15, -0.1) is 10.2 Å². The van der Waals surface area contributed by atoms with E-state index >= 15 is 0 Å². The number of H-pyrrole nitrogens is 1. The minimum absolute atomic E-state index is 0.322. The number of aromatic nitrogens is 4. The van der Waals surface area contributed by atoms with Crippen LogP contribution in [0.25, 0.3) is 10.6 Å². The first-order chi connectivity index (χ1) is 11.8. The standard InChI is InChI=1S/C18H21N5S/c1-13(17-21-22-18(24-17)15-5-3-2-4-6-15)23-9-7-14(8-10-23)16-11-19-12-20-16/h2-6,11-14H,7-10H2,1H3,(H,19,20). The number of aromatic amines is 1. The molecule has 0 amide bonds. The van der Waals surface area contributed by atoms with Crippen LogP contribution >= 0.6 is 11.3 Å². The maximum Gasteiger partial charge on any atom is 0.147 e. The quantitative estimate of drug-likeness (QED) is 0.784. The fourth-order valence-electron chi connectivity index (χ4n) is 3.34. The van der Waals surface area contributed by atoms with Gasteiger partial charge in [-0.3, -0.25) is 4.90 Å². The maximum absolute atomic E-state index is 4.45. The van der Waals surface area contributed by atoms with Crippen LogP contribution in [-0.4, -0.2) is 38.2 Å². The molecule has 1 aromatic carbocycles. The lowest BCUT2D eigenvalue weighted by molar-refractivity contribution is 0.161. The lowest BCUT2D eigenvalue weighted by atomic mass is 9.93. The molecule has 1 saturated heterocycles. The first-order valence-electron chi connectivity index (χ1n) is 8.42. The zero-order chi connectivity index (χ0) is 16.4. The van der Waals surface area contributed by atoms with Gasteiger partial charge < -0.3 is 4.98 Å². The van der Waals surface area contributed by atoms with Gasteiger partial charge in [0.2, 0.25) is 0 Å². The zero-order valence-electron chi connectivity index (χ0n) is 13.7. The largest absolute Gasteiger partial charge is 0.348 e. The van der Waals surface area contributed by atoms with Gasteiger partial charge in [-0.1, -0.05) is 41.7 Å². The smallest absolute Gasteiger partial charge is 0.147 e. The summed E-state index contributed by atoms with van der Waals surface area (Å²) in [6, 6.07) is 10.6. The van der Waals surface area contributed by atoms with Crippen molar-refractivity contribution in [3.8, 4) is 10.6 Å². The average molecular weight is 339 g/mol. The van der Waals surface area contributed by atoms with Crippen molar-refractivity contribution >= 4 is 11.3 Å². The predicted octanol–water partition coefficient (Wildman–Crippen LogP) is 3.87. The number of benzene rings is 1. The molecule has 1 unspecified atom stereocenters. The van der Waals surface area contributed by atoms with Crippen LogP contribution in [0.5, 0.6) is 0 Å². The molecule has 3 aromatic rings. The Balaban J connectivity index is 1.42. The molecule has 2 aromatic heterocycles. The second-order valence-electron chi connectivity index (χ2n) is 6.30. The molecule has 1 aliphatic rings. The predicted molar refractivity (Wildman–Crippen MR) is 95.9 cm³/mol. The lowest BCUT2D eigenvalue weighted by Crippen LogP contribution is -2.35. The molecule has 6 heteroatoms. The number of nitrogens with zero attached hydrogens (tertiary/aromatic N) is 4. The maximum atomic E-state index is 4.45. The van der Waals surface area contributed by atoms with Crippen molar-refractivity contribution in [2.24, 2.45) is 0 Å². The molecule has 124 valence electrons. The van der Waals surface area contributed by atoms with E-state index in [-0.39, 0.29) is 0 Å². The molecule has 1 fully saturated rings. The molecular weight excluding hydrogens is 318 g/mol. The van der Waals surface area contributed by atoms with E-state index in [1.807, 2.05) is 24.4 Å². The molecule has 0 spiro atoms. The highest BCUT2D eigenvalue weighted by Gasteiger charge is 2.27. The summed E-state index contributed by atoms with van der Waals surface area (Å²) in [6.07, 6.45) is 6.06. The second kappa shape index (κ2) is 6.83. The minimum Gasteiger partial charge on any atom is -0.348 e. The van der Waals surface area contributed by atoms with E-state index < -0.39 is 0 Å². The highest BCUT2D eigenvalue weighted by molar-refractivity contribution is 7.14. The van der Waals surface area contributed by atoms with Crippen molar-refractivity contribution in [3.63, 3.8) is 0 Å². The van der Waals surface area contributed by atoms with E-state index in [1.54, 1.807) is 17.7 Å². The van der Waals surface area contributed by atoms with Crippen molar-refractivity contribution in [1.82, 2.24) is 25.1 Å². The number of piperidine rings is 1. The van der Waals surface area contributed by atoms with Gasteiger partial charge >= 0.3 is 0 Å². The molecule has 0 bridgehead atoms. The lowest BCUT2D eigenvalue weighted by Gasteiger charge is -2.34. The number of imidazole rings is 1. The van der Waals surface area contributed by atoms with Crippen LogP contribution in [0.4, 0.5) is 0 Å². The normalized spacial score (nSPS) is 17.9. The molecule has 1 aliphatic heterocycles. The van der Waals surface area contributed by atoms with Crippen molar-refractivity contribution in [2.75, 3.05) is 13.1 Å². The van der Waals surface area contributed by atoms with E-state index in [4.69, 9.17) is 0 Å². The Hall–Kier alpha value is -2.05. The topological polar surface area (TPSA) is 57.7 Å². The molecular formula is C18H21N5S. The number of nitrogens with one attached hydrogen (secondary N) is 1. The van der Waals surface area contributed by atoms with Crippen LogP contribution in [0.2, 0.25) is 0 Å². The molecule has 0 saturated carbocycles. The summed E-state index contributed by atoms with van der Waals surface area (Å²) in [5, 5.41) is 10.9. The molecule has 1 N–H and O–H groups in total. The Bertz CT molecular complexity index is 760. The number of likely N-dealkylation sites (tertiary alicyclic amines) is 1. The van der Waals surface area contributed by atoms with Gasteiger partial charge in [-0.05, 0) is 32.9 Å². The van der Waals surface area contributed by atoms with E-state index in [1.165, 1.54) is 5.69 Å². The molecule has 1 atom stereocenters. The van der Waals surface area contributed by atoms with Crippen molar-refractivity contribution in [2.45, 2.75) is 31.7 Å². The monoisotopic (exact) mass is 339 g/mol. The van der Waals surface area contributed by atoms with Gasteiger partial charge in [-0.25, -0.2) is 4.98 Å². The van der Waals surface area contributed by atoms with Crippen molar-refractivity contribution in [1.29, 1.82) is 0 Å². The molecule has 5 nitrogen and oxygen atoms in total. The summed E-state index contributed by atoms with van der Waals surface area (Å²) >= 11 is 1.71. The summed E-state index contributed by atoms with van der Waals surface area (Å²) in [7, 11) is 0. The second-order valence-corrected chi connectivity index (χ2v) is 7.31. The van der Waals surface area contributed by atoms with Crippen LogP contribution in [0.3, 0.4) is 0 Å². The van der Waals surface area contributed by atoms with Crippen LogP contribution in [0.1, 0.15) is 42.4 Å². The van der Waals surface area contributed by atoms with Crippen molar-refractivity contribution in [3.05, 3.63) is 53.6 Å². The third kappa shape index (κ3) is 3.12. The van der Waals surface area contributed by atoms with Gasteiger partial charge in [0.15, 0.2) is 0 Å². The summed E-state index contributed by atoms with van der Waals surface area (Å²) < 4.78 is 0. The molecule has 3 heterocycles. The number of rotatable bonds is 4. The Morgan fingerprint density at radius 3 is 2.67 bits per heavy atom. The van der Waals surface area contributed by atoms with Crippen LogP contribution in [-0.2, 0) is 0 Å². The van der Waals surface area contributed by atoms with E-state index in [0.29, 0.717) is 12.0 Å². The molecule has 4 rings (SSSR count). The summed E-state index contributed by atoms with van der Waals surface area (Å²) in [4.78, 5) is 9.92. The fourth-order valence-corrected chi connectivity index (χ4v) is 4.28. The van der Waals surface area contributed by atoms with Gasteiger partial charge in [0, 0.05) is 23.4 Å². The van der Waals surface area contributed by atoms with Gasteiger partial charge in [0.25, 0.3) is 0 Å². The van der Waals surface area contributed by atoms with E-state index in [9.17, 15) is 0 Å². The minimum atomic E-state index is 0.322. The van der Waals surface area contributed by atoms with Gasteiger partial charge in [-0.2, -0.15) is 0 Å². The van der Waals surface area contributed by atoms with Gasteiger partial charge in [0.05, 0.1) is 12.4 Å². The zero-order valence-corrected chi connectivity index (χ0v) is 14.5. The number of hydrogen-bond acceptors (Lipinski definition) is 5. The van der Waals surface area contributed by atoms with Crippen LogP contribution in [0, 0.1) is 0 Å². The third-order valence-corrected chi connectivity index (χ3v) is 6.00. The van der Waals surface area contributed by atoms with E-state index in [2.05, 4.69) is 44.1 Å². The summed E-state index contributed by atoms with van der Waals surface area (Å²) in [6.45, 7) is 4.42. The number of hydrogen-bond donors (Lipinski definition) is 1. The summed E-state index contributed by atoms with van der Waals surface area (Å²) in [5.41, 5.74) is 2.41. The highest BCUT2D eigenvalue weighted by atomic mass is 32.1. The summed E-state index contributed by atoms with van der Waals surface area (Å²) in [5.74, 6) is 0.602. The molecule has 0 radical (unpaired) electrons. The van der Waals surface area contributed by atoms with E-state index in [0.717, 1.165) is 41.5 Å². The van der Waals surface area contributed by atoms with Crippen LogP contribution < -0.4 is 0 Å². The third-order valence-electron chi connectivity index (χ3n) is 4.86. The first kappa shape index (κ1) is 15.5. The first-order valence-corrected chi connectivity index (χ1v) is 9.24. The van der Waals surface area contributed by atoms with Crippen molar-refractivity contribution < 1.29 is 0 Å². The SMILES string of the molecule is CC(c1nnc(-c2ccccc2)s1)N1CCC(c2cnc[nH]2)CC1. The Labute approximate surface area is 145 Å². The van der Waals surface area contributed by atoms with Crippen LogP contribution in [0.15, 0.2) is 42.9 Å². The molecule has 24 heavy (non-hydrogen) atoms. The Kier molecular flexibility index (Phi) is 4.40. The highest BCUT2D eigenvalue weighted by Crippen LogP contribution is 2.33. The average Bonchev–Trinajstić information content (AvgIpc) is 3.34.